The van der Waals surface area contributed by atoms with Crippen molar-refractivity contribution in [2.45, 2.75) is 43.6 Å². The minimum Gasteiger partial charge on any atom is -0.459 e. The van der Waals surface area contributed by atoms with Gasteiger partial charge in [0.05, 0.1) is 23.3 Å². The molecule has 6 atom stereocenters. The molecule has 218 valence electrons. The molecule has 3 aromatic rings. The van der Waals surface area contributed by atoms with Crippen LogP contribution in [0.25, 0.3) is 0 Å². The van der Waals surface area contributed by atoms with Crippen LogP contribution in [0.15, 0.2) is 104 Å². The van der Waals surface area contributed by atoms with Crippen molar-refractivity contribution in [3.8, 4) is 0 Å². The zero-order chi connectivity index (χ0) is 29.5. The Bertz CT molecular complexity index is 1380. The summed E-state index contributed by atoms with van der Waals surface area (Å²) in [4.78, 5) is 39.3. The van der Waals surface area contributed by atoms with Gasteiger partial charge in [0.15, 0.2) is 24.6 Å². The van der Waals surface area contributed by atoms with Crippen LogP contribution in [-0.2, 0) is 33.2 Å². The third-order valence-electron chi connectivity index (χ3n) is 6.63. The first-order valence-corrected chi connectivity index (χ1v) is 13.4. The second-order valence-electron chi connectivity index (χ2n) is 9.64. The monoisotopic (exact) mass is 574 g/mol. The van der Waals surface area contributed by atoms with Crippen molar-refractivity contribution in [2.24, 2.45) is 0 Å². The standard InChI is InChI=1S/C32H30O10/c1-3-19-37-32(2)41-27-26(40-30(35)23-17-11-6-12-18-23)25(39-29(34)22-15-9-5-10-16-22)24(38-31(27)42-32)20-36-28(33)21-13-7-4-8-14-21/h3-18,24-27,31H,1,19-20H2,2H3/t24-,25-,26+,27+,31+,32-/m1/s1. The quantitative estimate of drug-likeness (QED) is 0.197. The van der Waals surface area contributed by atoms with E-state index in [1.54, 1.807) is 91.0 Å². The highest BCUT2D eigenvalue weighted by atomic mass is 16.9. The van der Waals surface area contributed by atoms with Crippen molar-refractivity contribution in [2.75, 3.05) is 13.2 Å². The third-order valence-corrected chi connectivity index (χ3v) is 6.63. The van der Waals surface area contributed by atoms with Crippen molar-refractivity contribution < 1.29 is 47.5 Å². The molecule has 3 aromatic carbocycles. The highest BCUT2D eigenvalue weighted by molar-refractivity contribution is 5.91. The first-order chi connectivity index (χ1) is 20.4. The summed E-state index contributed by atoms with van der Waals surface area (Å²) in [6.45, 7) is 4.91. The highest BCUT2D eigenvalue weighted by Crippen LogP contribution is 2.40. The summed E-state index contributed by atoms with van der Waals surface area (Å²) in [6, 6.07) is 25.0. The molecular formula is C32H30O10. The number of esters is 3. The van der Waals surface area contributed by atoms with Crippen LogP contribution < -0.4 is 0 Å². The predicted molar refractivity (Wildman–Crippen MR) is 147 cm³/mol. The number of hydrogen-bond acceptors (Lipinski definition) is 10. The third kappa shape index (κ3) is 6.75. The number of hydrogen-bond donors (Lipinski definition) is 0. The maximum atomic E-state index is 13.3. The zero-order valence-corrected chi connectivity index (χ0v) is 22.8. The molecular weight excluding hydrogens is 544 g/mol. The molecule has 0 radical (unpaired) electrons. The molecule has 0 spiro atoms. The van der Waals surface area contributed by atoms with Crippen LogP contribution >= 0.6 is 0 Å². The van der Waals surface area contributed by atoms with Crippen LogP contribution in [0.5, 0.6) is 0 Å². The summed E-state index contributed by atoms with van der Waals surface area (Å²) in [5, 5.41) is 0. The summed E-state index contributed by atoms with van der Waals surface area (Å²) >= 11 is 0. The van der Waals surface area contributed by atoms with E-state index in [0.717, 1.165) is 0 Å². The van der Waals surface area contributed by atoms with Crippen molar-refractivity contribution in [1.82, 2.24) is 0 Å². The van der Waals surface area contributed by atoms with Crippen molar-refractivity contribution in [3.63, 3.8) is 0 Å². The van der Waals surface area contributed by atoms with Crippen LogP contribution in [0.1, 0.15) is 38.0 Å². The van der Waals surface area contributed by atoms with Crippen molar-refractivity contribution in [3.05, 3.63) is 120 Å². The average Bonchev–Trinajstić information content (AvgIpc) is 3.37. The molecule has 2 saturated heterocycles. The van der Waals surface area contributed by atoms with E-state index in [1.165, 1.54) is 13.0 Å². The lowest BCUT2D eigenvalue weighted by Gasteiger charge is -2.41. The lowest BCUT2D eigenvalue weighted by molar-refractivity contribution is -0.340. The molecule has 42 heavy (non-hydrogen) atoms. The van der Waals surface area contributed by atoms with Gasteiger partial charge in [0.2, 0.25) is 0 Å². The smallest absolute Gasteiger partial charge is 0.338 e. The number of ether oxygens (including phenoxy) is 7. The zero-order valence-electron chi connectivity index (χ0n) is 22.8. The molecule has 2 aliphatic rings. The maximum Gasteiger partial charge on any atom is 0.338 e. The molecule has 5 rings (SSSR count). The van der Waals surface area contributed by atoms with Crippen molar-refractivity contribution >= 4 is 17.9 Å². The van der Waals surface area contributed by atoms with Gasteiger partial charge in [-0.05, 0) is 36.4 Å². The summed E-state index contributed by atoms with van der Waals surface area (Å²) in [6.07, 6.45) is -4.28. The molecule has 0 N–H and O–H groups in total. The molecule has 0 amide bonds. The molecule has 10 nitrogen and oxygen atoms in total. The van der Waals surface area contributed by atoms with Gasteiger partial charge in [-0.1, -0.05) is 60.7 Å². The van der Waals surface area contributed by atoms with Gasteiger partial charge in [0.25, 0.3) is 5.97 Å². The van der Waals surface area contributed by atoms with Gasteiger partial charge in [0, 0.05) is 6.92 Å². The van der Waals surface area contributed by atoms with Gasteiger partial charge in [-0.3, -0.25) is 4.74 Å². The normalized spacial score (nSPS) is 26.5. The summed E-state index contributed by atoms with van der Waals surface area (Å²) in [5.41, 5.74) is 0.850. The maximum absolute atomic E-state index is 13.3. The van der Waals surface area contributed by atoms with E-state index in [0.29, 0.717) is 5.56 Å². The summed E-state index contributed by atoms with van der Waals surface area (Å²) in [7, 11) is 0. The Balaban J connectivity index is 1.46. The lowest BCUT2D eigenvalue weighted by Crippen LogP contribution is -2.60. The second-order valence-corrected chi connectivity index (χ2v) is 9.64. The summed E-state index contributed by atoms with van der Waals surface area (Å²) in [5.74, 6) is -3.60. The summed E-state index contributed by atoms with van der Waals surface area (Å²) < 4.78 is 41.2. The Labute approximate surface area is 242 Å². The molecule has 10 heteroatoms. The van der Waals surface area contributed by atoms with E-state index in [4.69, 9.17) is 33.2 Å². The number of carbonyl (C=O) groups excluding carboxylic acids is 3. The van der Waals surface area contributed by atoms with Gasteiger partial charge in [0.1, 0.15) is 12.7 Å². The van der Waals surface area contributed by atoms with E-state index in [2.05, 4.69) is 6.58 Å². The van der Waals surface area contributed by atoms with Gasteiger partial charge >= 0.3 is 17.9 Å². The molecule has 0 saturated carbocycles. The van der Waals surface area contributed by atoms with Crippen molar-refractivity contribution in [1.29, 1.82) is 0 Å². The lowest BCUT2D eigenvalue weighted by atomic mass is 9.98. The van der Waals surface area contributed by atoms with E-state index >= 15 is 0 Å². The number of carbonyl (C=O) groups is 3. The Morgan fingerprint density at radius 1 is 0.762 bits per heavy atom. The fraction of sp³-hybridized carbons (Fsp3) is 0.281. The molecule has 2 fully saturated rings. The Morgan fingerprint density at radius 3 is 1.79 bits per heavy atom. The molecule has 0 bridgehead atoms. The molecule has 2 heterocycles. The predicted octanol–water partition coefficient (Wildman–Crippen LogP) is 4.31. The second kappa shape index (κ2) is 13.1. The average molecular weight is 575 g/mol. The minimum absolute atomic E-state index is 0.0922. The highest BCUT2D eigenvalue weighted by Gasteiger charge is 2.59. The van der Waals surface area contributed by atoms with Crippen LogP contribution in [0.4, 0.5) is 0 Å². The van der Waals surface area contributed by atoms with Gasteiger partial charge in [-0.15, -0.1) is 6.58 Å². The van der Waals surface area contributed by atoms with Crippen LogP contribution in [0.2, 0.25) is 0 Å². The number of benzene rings is 3. The van der Waals surface area contributed by atoms with E-state index in [1.807, 2.05) is 0 Å². The largest absolute Gasteiger partial charge is 0.459 e. The van der Waals surface area contributed by atoms with E-state index < -0.39 is 54.6 Å². The fourth-order valence-electron chi connectivity index (χ4n) is 4.62. The SMILES string of the molecule is C=CCO[C@@]1(C)O[C@@H]2O[C@H](COC(=O)c3ccccc3)[C@@H](OC(=O)c3ccccc3)[C@H](OC(=O)c3ccccc3)[C@@H]2O1. The Hall–Kier alpha value is -4.35. The van der Waals surface area contributed by atoms with Gasteiger partial charge < -0.3 is 28.4 Å². The Kier molecular flexibility index (Phi) is 9.09. The number of fused-ring (bicyclic) bond motifs is 1. The molecule has 0 aromatic heterocycles. The van der Waals surface area contributed by atoms with Crippen LogP contribution in [-0.4, -0.2) is 67.8 Å². The first kappa shape index (κ1) is 29.2. The minimum atomic E-state index is -1.59. The van der Waals surface area contributed by atoms with Gasteiger partial charge in [-0.2, -0.15) is 0 Å². The van der Waals surface area contributed by atoms with Crippen LogP contribution in [0.3, 0.4) is 0 Å². The number of rotatable bonds is 10. The van der Waals surface area contributed by atoms with Crippen LogP contribution in [0, 0.1) is 0 Å². The van der Waals surface area contributed by atoms with E-state index in [-0.39, 0.29) is 24.3 Å². The molecule has 0 aliphatic carbocycles. The fourth-order valence-corrected chi connectivity index (χ4v) is 4.62. The van der Waals surface area contributed by atoms with Gasteiger partial charge in [-0.25, -0.2) is 14.4 Å². The molecule has 2 aliphatic heterocycles. The van der Waals surface area contributed by atoms with E-state index in [9.17, 15) is 14.4 Å². The Morgan fingerprint density at radius 2 is 1.26 bits per heavy atom. The first-order valence-electron chi connectivity index (χ1n) is 13.4. The topological polar surface area (TPSA) is 116 Å². The molecule has 0 unspecified atom stereocenters.